The van der Waals surface area contributed by atoms with Crippen LogP contribution in [0.3, 0.4) is 0 Å². The lowest BCUT2D eigenvalue weighted by Gasteiger charge is -2.03. The summed E-state index contributed by atoms with van der Waals surface area (Å²) in [7, 11) is 0. The van der Waals surface area contributed by atoms with E-state index in [0.29, 0.717) is 12.6 Å². The molecular weight excluding hydrogens is 206 g/mol. The second kappa shape index (κ2) is 4.05. The molecule has 2 aromatic rings. The Labute approximate surface area is 92.6 Å². The average Bonchev–Trinajstić information content (AvgIpc) is 2.82. The number of nitrogens with one attached hydrogen (secondary N) is 1. The first kappa shape index (κ1) is 9.53. The Kier molecular flexibility index (Phi) is 2.41. The van der Waals surface area contributed by atoms with Crippen molar-refractivity contribution in [1.82, 2.24) is 25.5 Å². The Hall–Kier alpha value is -1.69. The van der Waals surface area contributed by atoms with Crippen LogP contribution >= 0.6 is 0 Å². The summed E-state index contributed by atoms with van der Waals surface area (Å²) in [6.07, 6.45) is 5.79. The lowest BCUT2D eigenvalue weighted by Crippen LogP contribution is -2.16. The quantitative estimate of drug-likeness (QED) is 0.808. The normalized spacial score (nSPS) is 15.5. The first-order valence-electron chi connectivity index (χ1n) is 5.42. The highest BCUT2D eigenvalue weighted by atomic mass is 16.3. The first-order chi connectivity index (χ1) is 7.93. The molecule has 0 aromatic carbocycles. The largest absolute Gasteiger partial charge is 0.472 e. The van der Waals surface area contributed by atoms with Gasteiger partial charge >= 0.3 is 0 Å². The predicted octanol–water partition coefficient (Wildman–Crippen LogP) is 0.891. The van der Waals surface area contributed by atoms with E-state index in [0.717, 1.165) is 17.9 Å². The van der Waals surface area contributed by atoms with Crippen molar-refractivity contribution in [2.45, 2.75) is 32.0 Å². The van der Waals surface area contributed by atoms with Gasteiger partial charge in [-0.25, -0.2) is 4.68 Å². The minimum absolute atomic E-state index is 0.528. The number of rotatable bonds is 5. The molecule has 2 heterocycles. The molecule has 0 radical (unpaired) electrons. The summed E-state index contributed by atoms with van der Waals surface area (Å²) in [6, 6.07) is 2.47. The van der Waals surface area contributed by atoms with Gasteiger partial charge in [-0.2, -0.15) is 0 Å². The van der Waals surface area contributed by atoms with E-state index in [9.17, 15) is 0 Å². The third-order valence-corrected chi connectivity index (χ3v) is 2.65. The van der Waals surface area contributed by atoms with Crippen LogP contribution in [-0.4, -0.2) is 20.2 Å². The van der Waals surface area contributed by atoms with Gasteiger partial charge in [0.15, 0.2) is 5.82 Å². The lowest BCUT2D eigenvalue weighted by molar-refractivity contribution is 0.545. The number of hydrogen-bond donors (Lipinski definition) is 1. The molecule has 0 saturated heterocycles. The second-order valence-corrected chi connectivity index (χ2v) is 4.01. The first-order valence-corrected chi connectivity index (χ1v) is 5.42. The third kappa shape index (κ3) is 1.96. The van der Waals surface area contributed by atoms with Crippen LogP contribution in [0.2, 0.25) is 0 Å². The van der Waals surface area contributed by atoms with Crippen LogP contribution in [0.1, 0.15) is 30.3 Å². The van der Waals surface area contributed by atoms with Crippen molar-refractivity contribution >= 4 is 0 Å². The lowest BCUT2D eigenvalue weighted by atomic mass is 10.3. The molecule has 0 spiro atoms. The topological polar surface area (TPSA) is 68.8 Å². The molecule has 84 valence electrons. The Balaban J connectivity index is 1.56. The molecule has 1 N–H and O–H groups in total. The standard InChI is InChI=1S/C10H13N5O/c1-2-9(1)15-10(12-13-14-15)6-11-5-8-3-4-16-7-8/h3-4,7,9,11H,1-2,5-6H2. The van der Waals surface area contributed by atoms with Crippen LogP contribution in [0.5, 0.6) is 0 Å². The molecule has 1 aliphatic carbocycles. The van der Waals surface area contributed by atoms with Gasteiger partial charge in [0.25, 0.3) is 0 Å². The average molecular weight is 219 g/mol. The van der Waals surface area contributed by atoms with Crippen molar-refractivity contribution in [1.29, 1.82) is 0 Å². The summed E-state index contributed by atoms with van der Waals surface area (Å²) < 4.78 is 6.91. The number of furan rings is 1. The van der Waals surface area contributed by atoms with Crippen molar-refractivity contribution < 1.29 is 4.42 Å². The minimum Gasteiger partial charge on any atom is -0.472 e. The van der Waals surface area contributed by atoms with Crippen LogP contribution in [0, 0.1) is 0 Å². The zero-order chi connectivity index (χ0) is 10.8. The highest BCUT2D eigenvalue weighted by Crippen LogP contribution is 2.34. The van der Waals surface area contributed by atoms with Crippen LogP contribution in [0.25, 0.3) is 0 Å². The molecule has 0 atom stereocenters. The molecule has 0 bridgehead atoms. The van der Waals surface area contributed by atoms with Gasteiger partial charge in [-0.3, -0.25) is 0 Å². The molecule has 0 unspecified atom stereocenters. The van der Waals surface area contributed by atoms with Gasteiger partial charge in [-0.05, 0) is 29.3 Å². The maximum atomic E-state index is 4.99. The Morgan fingerprint density at radius 3 is 3.12 bits per heavy atom. The van der Waals surface area contributed by atoms with Crippen molar-refractivity contribution in [2.24, 2.45) is 0 Å². The highest BCUT2D eigenvalue weighted by molar-refractivity contribution is 5.04. The highest BCUT2D eigenvalue weighted by Gasteiger charge is 2.27. The molecule has 3 rings (SSSR count). The summed E-state index contributed by atoms with van der Waals surface area (Å²) in [5, 5.41) is 15.0. The molecule has 2 aromatic heterocycles. The zero-order valence-electron chi connectivity index (χ0n) is 8.83. The number of tetrazole rings is 1. The summed E-state index contributed by atoms with van der Waals surface area (Å²) in [5.74, 6) is 0.908. The second-order valence-electron chi connectivity index (χ2n) is 4.01. The van der Waals surface area contributed by atoms with Crippen molar-refractivity contribution in [2.75, 3.05) is 0 Å². The van der Waals surface area contributed by atoms with E-state index in [4.69, 9.17) is 4.42 Å². The summed E-state index contributed by atoms with van der Waals surface area (Å²) in [4.78, 5) is 0. The monoisotopic (exact) mass is 219 g/mol. The SMILES string of the molecule is c1cc(CNCc2nnnn2C2CC2)co1. The van der Waals surface area contributed by atoms with E-state index in [1.165, 1.54) is 12.8 Å². The van der Waals surface area contributed by atoms with Gasteiger partial charge in [0, 0.05) is 12.1 Å². The fourth-order valence-electron chi connectivity index (χ4n) is 1.64. The molecule has 6 heteroatoms. The predicted molar refractivity (Wildman–Crippen MR) is 55.3 cm³/mol. The summed E-state index contributed by atoms with van der Waals surface area (Å²) in [6.45, 7) is 1.46. The smallest absolute Gasteiger partial charge is 0.165 e. The van der Waals surface area contributed by atoms with E-state index < -0.39 is 0 Å². The van der Waals surface area contributed by atoms with E-state index in [1.807, 2.05) is 10.7 Å². The summed E-state index contributed by atoms with van der Waals surface area (Å²) >= 11 is 0. The van der Waals surface area contributed by atoms with Crippen molar-refractivity contribution in [3.63, 3.8) is 0 Å². The number of nitrogens with zero attached hydrogens (tertiary/aromatic N) is 4. The van der Waals surface area contributed by atoms with E-state index >= 15 is 0 Å². The zero-order valence-corrected chi connectivity index (χ0v) is 8.83. The molecule has 1 aliphatic rings. The number of hydrogen-bond acceptors (Lipinski definition) is 5. The van der Waals surface area contributed by atoms with E-state index in [2.05, 4.69) is 20.8 Å². The Morgan fingerprint density at radius 2 is 2.38 bits per heavy atom. The molecule has 16 heavy (non-hydrogen) atoms. The summed E-state index contributed by atoms with van der Waals surface area (Å²) in [5.41, 5.74) is 1.13. The molecular formula is C10H13N5O. The molecule has 6 nitrogen and oxygen atoms in total. The van der Waals surface area contributed by atoms with Crippen LogP contribution in [0.4, 0.5) is 0 Å². The molecule has 0 aliphatic heterocycles. The van der Waals surface area contributed by atoms with Crippen molar-refractivity contribution in [3.8, 4) is 0 Å². The van der Waals surface area contributed by atoms with Gasteiger partial charge in [-0.1, -0.05) is 0 Å². The van der Waals surface area contributed by atoms with Gasteiger partial charge in [-0.15, -0.1) is 5.10 Å². The van der Waals surface area contributed by atoms with Crippen LogP contribution in [0.15, 0.2) is 23.0 Å². The maximum Gasteiger partial charge on any atom is 0.165 e. The Bertz CT molecular complexity index is 445. The minimum atomic E-state index is 0.528. The number of aromatic nitrogens is 4. The fraction of sp³-hybridized carbons (Fsp3) is 0.500. The fourth-order valence-corrected chi connectivity index (χ4v) is 1.64. The van der Waals surface area contributed by atoms with Gasteiger partial charge in [0.05, 0.1) is 25.1 Å². The van der Waals surface area contributed by atoms with Crippen LogP contribution < -0.4 is 5.32 Å². The van der Waals surface area contributed by atoms with E-state index in [-0.39, 0.29) is 0 Å². The van der Waals surface area contributed by atoms with Gasteiger partial charge in [0.2, 0.25) is 0 Å². The Morgan fingerprint density at radius 1 is 1.44 bits per heavy atom. The van der Waals surface area contributed by atoms with E-state index in [1.54, 1.807) is 12.5 Å². The molecule has 1 fully saturated rings. The molecule has 1 saturated carbocycles. The third-order valence-electron chi connectivity index (χ3n) is 2.65. The van der Waals surface area contributed by atoms with Gasteiger partial charge < -0.3 is 9.73 Å². The maximum absolute atomic E-state index is 4.99. The molecule has 0 amide bonds. The van der Waals surface area contributed by atoms with Crippen molar-refractivity contribution in [3.05, 3.63) is 30.0 Å². The van der Waals surface area contributed by atoms with Crippen LogP contribution in [-0.2, 0) is 13.1 Å². The van der Waals surface area contributed by atoms with Gasteiger partial charge in [0.1, 0.15) is 0 Å².